The van der Waals surface area contributed by atoms with Crippen molar-refractivity contribution in [1.82, 2.24) is 5.32 Å². The SMILES string of the molecule is CSCCC(C)NCC(O)COCC1CCCO1. The highest BCUT2D eigenvalue weighted by atomic mass is 32.2. The molecule has 0 bridgehead atoms. The fourth-order valence-corrected chi connectivity index (χ4v) is 2.49. The molecular weight excluding hydrogens is 250 g/mol. The van der Waals surface area contributed by atoms with Gasteiger partial charge < -0.3 is 19.9 Å². The Hall–Kier alpha value is 0.190. The summed E-state index contributed by atoms with van der Waals surface area (Å²) in [5.41, 5.74) is 0. The van der Waals surface area contributed by atoms with Crippen LogP contribution in [-0.4, -0.2) is 61.7 Å². The van der Waals surface area contributed by atoms with E-state index in [1.54, 1.807) is 0 Å². The summed E-state index contributed by atoms with van der Waals surface area (Å²) < 4.78 is 10.9. The Morgan fingerprint density at radius 2 is 2.39 bits per heavy atom. The van der Waals surface area contributed by atoms with Crippen molar-refractivity contribution in [3.63, 3.8) is 0 Å². The second-order valence-electron chi connectivity index (χ2n) is 4.92. The van der Waals surface area contributed by atoms with E-state index in [4.69, 9.17) is 9.47 Å². The Balaban J connectivity index is 1.94. The van der Waals surface area contributed by atoms with Gasteiger partial charge in [0.2, 0.25) is 0 Å². The second-order valence-corrected chi connectivity index (χ2v) is 5.90. The molecule has 4 nitrogen and oxygen atoms in total. The summed E-state index contributed by atoms with van der Waals surface area (Å²) in [5, 5.41) is 13.1. The van der Waals surface area contributed by atoms with Crippen molar-refractivity contribution in [3.8, 4) is 0 Å². The molecule has 1 aliphatic heterocycles. The van der Waals surface area contributed by atoms with Crippen LogP contribution in [0.1, 0.15) is 26.2 Å². The molecule has 0 aromatic heterocycles. The number of nitrogens with one attached hydrogen (secondary N) is 1. The molecule has 1 fully saturated rings. The maximum Gasteiger partial charge on any atom is 0.0897 e. The highest BCUT2D eigenvalue weighted by molar-refractivity contribution is 7.98. The maximum atomic E-state index is 9.76. The first kappa shape index (κ1) is 16.2. The average molecular weight is 277 g/mol. The highest BCUT2D eigenvalue weighted by Gasteiger charge is 2.16. The minimum absolute atomic E-state index is 0.241. The molecule has 1 heterocycles. The summed E-state index contributed by atoms with van der Waals surface area (Å²) >= 11 is 1.85. The quantitative estimate of drug-likeness (QED) is 0.630. The average Bonchev–Trinajstić information content (AvgIpc) is 2.87. The molecule has 0 radical (unpaired) electrons. The summed E-state index contributed by atoms with van der Waals surface area (Å²) in [6, 6.07) is 0.449. The molecule has 3 atom stereocenters. The zero-order chi connectivity index (χ0) is 13.2. The molecule has 3 unspecified atom stereocenters. The zero-order valence-electron chi connectivity index (χ0n) is 11.6. The van der Waals surface area contributed by atoms with Crippen LogP contribution >= 0.6 is 11.8 Å². The molecule has 2 N–H and O–H groups in total. The lowest BCUT2D eigenvalue weighted by atomic mass is 10.2. The van der Waals surface area contributed by atoms with Crippen LogP contribution < -0.4 is 5.32 Å². The number of thioether (sulfide) groups is 1. The van der Waals surface area contributed by atoms with E-state index < -0.39 is 6.10 Å². The van der Waals surface area contributed by atoms with Gasteiger partial charge in [-0.25, -0.2) is 0 Å². The largest absolute Gasteiger partial charge is 0.389 e. The van der Waals surface area contributed by atoms with E-state index >= 15 is 0 Å². The molecular formula is C13H27NO3S. The number of hydrogen-bond acceptors (Lipinski definition) is 5. The van der Waals surface area contributed by atoms with E-state index in [0.29, 0.717) is 25.8 Å². The lowest BCUT2D eigenvalue weighted by Crippen LogP contribution is -2.36. The van der Waals surface area contributed by atoms with Crippen molar-refractivity contribution in [2.45, 2.75) is 44.4 Å². The van der Waals surface area contributed by atoms with Crippen LogP contribution in [0.5, 0.6) is 0 Å². The lowest BCUT2D eigenvalue weighted by Gasteiger charge is -2.17. The summed E-state index contributed by atoms with van der Waals surface area (Å²) in [6.07, 6.45) is 5.27. The van der Waals surface area contributed by atoms with Crippen LogP contribution in [0.4, 0.5) is 0 Å². The third-order valence-electron chi connectivity index (χ3n) is 3.09. The van der Waals surface area contributed by atoms with E-state index in [-0.39, 0.29) is 6.10 Å². The van der Waals surface area contributed by atoms with E-state index in [9.17, 15) is 5.11 Å². The van der Waals surface area contributed by atoms with Gasteiger partial charge in [-0.3, -0.25) is 0 Å². The van der Waals surface area contributed by atoms with Crippen molar-refractivity contribution < 1.29 is 14.6 Å². The van der Waals surface area contributed by atoms with Gasteiger partial charge in [-0.15, -0.1) is 0 Å². The van der Waals surface area contributed by atoms with E-state index in [2.05, 4.69) is 18.5 Å². The first-order valence-corrected chi connectivity index (χ1v) is 8.21. The van der Waals surface area contributed by atoms with Gasteiger partial charge in [0.25, 0.3) is 0 Å². The Morgan fingerprint density at radius 1 is 1.56 bits per heavy atom. The molecule has 0 spiro atoms. The van der Waals surface area contributed by atoms with Gasteiger partial charge in [0.15, 0.2) is 0 Å². The standard InChI is InChI=1S/C13H27NO3S/c1-11(5-7-18-2)14-8-12(15)9-16-10-13-4-3-6-17-13/h11-15H,3-10H2,1-2H3. The number of rotatable bonds is 10. The Morgan fingerprint density at radius 3 is 3.06 bits per heavy atom. The molecule has 1 saturated heterocycles. The van der Waals surface area contributed by atoms with Gasteiger partial charge in [0.05, 0.1) is 25.4 Å². The van der Waals surface area contributed by atoms with Gasteiger partial charge in [-0.1, -0.05) is 0 Å². The maximum absolute atomic E-state index is 9.76. The van der Waals surface area contributed by atoms with E-state index in [0.717, 1.165) is 31.6 Å². The minimum Gasteiger partial charge on any atom is -0.389 e. The molecule has 1 rings (SSSR count). The van der Waals surface area contributed by atoms with Gasteiger partial charge >= 0.3 is 0 Å². The van der Waals surface area contributed by atoms with Crippen molar-refractivity contribution in [1.29, 1.82) is 0 Å². The van der Waals surface area contributed by atoms with Crippen molar-refractivity contribution in [2.75, 3.05) is 38.4 Å². The first-order chi connectivity index (χ1) is 8.72. The molecule has 0 amide bonds. The molecule has 5 heteroatoms. The molecule has 0 aromatic rings. The topological polar surface area (TPSA) is 50.7 Å². The predicted molar refractivity (Wildman–Crippen MR) is 76.3 cm³/mol. The highest BCUT2D eigenvalue weighted by Crippen LogP contribution is 2.11. The fourth-order valence-electron chi connectivity index (χ4n) is 1.90. The zero-order valence-corrected chi connectivity index (χ0v) is 12.4. The minimum atomic E-state index is -0.428. The third kappa shape index (κ3) is 7.59. The molecule has 18 heavy (non-hydrogen) atoms. The molecule has 0 aliphatic carbocycles. The van der Waals surface area contributed by atoms with E-state index in [1.807, 2.05) is 11.8 Å². The van der Waals surface area contributed by atoms with Crippen LogP contribution in [0.15, 0.2) is 0 Å². The van der Waals surface area contributed by atoms with Gasteiger partial charge in [0.1, 0.15) is 0 Å². The summed E-state index contributed by atoms with van der Waals surface area (Å²) in [6.45, 7) is 4.60. The van der Waals surface area contributed by atoms with Crippen molar-refractivity contribution in [3.05, 3.63) is 0 Å². The molecule has 1 aliphatic rings. The monoisotopic (exact) mass is 277 g/mol. The smallest absolute Gasteiger partial charge is 0.0897 e. The number of hydrogen-bond donors (Lipinski definition) is 2. The normalized spacial score (nSPS) is 23.2. The Labute approximate surface area is 115 Å². The van der Waals surface area contributed by atoms with Crippen molar-refractivity contribution >= 4 is 11.8 Å². The van der Waals surface area contributed by atoms with Gasteiger partial charge in [-0.05, 0) is 38.2 Å². The Kier molecular flexibility index (Phi) is 9.06. The van der Waals surface area contributed by atoms with Gasteiger partial charge in [-0.2, -0.15) is 11.8 Å². The van der Waals surface area contributed by atoms with Crippen LogP contribution in [0.25, 0.3) is 0 Å². The fraction of sp³-hybridized carbons (Fsp3) is 1.00. The van der Waals surface area contributed by atoms with Gasteiger partial charge in [0, 0.05) is 19.2 Å². The molecule has 0 saturated carbocycles. The Bertz CT molecular complexity index is 201. The predicted octanol–water partition coefficient (Wildman–Crippen LogP) is 1.27. The first-order valence-electron chi connectivity index (χ1n) is 6.82. The number of ether oxygens (including phenoxy) is 2. The van der Waals surface area contributed by atoms with Crippen LogP contribution in [-0.2, 0) is 9.47 Å². The lowest BCUT2D eigenvalue weighted by molar-refractivity contribution is -0.0168. The second kappa shape index (κ2) is 10.0. The number of aliphatic hydroxyl groups is 1. The third-order valence-corrected chi connectivity index (χ3v) is 3.74. The van der Waals surface area contributed by atoms with Crippen molar-refractivity contribution in [2.24, 2.45) is 0 Å². The van der Waals surface area contributed by atoms with Crippen LogP contribution in [0.2, 0.25) is 0 Å². The summed E-state index contributed by atoms with van der Waals surface area (Å²) in [4.78, 5) is 0. The van der Waals surface area contributed by atoms with Crippen LogP contribution in [0.3, 0.4) is 0 Å². The molecule has 0 aromatic carbocycles. The molecule has 108 valence electrons. The summed E-state index contributed by atoms with van der Waals surface area (Å²) in [7, 11) is 0. The summed E-state index contributed by atoms with van der Waals surface area (Å²) in [5.74, 6) is 1.15. The number of aliphatic hydroxyl groups excluding tert-OH is 1. The van der Waals surface area contributed by atoms with Crippen LogP contribution in [0, 0.1) is 0 Å². The van der Waals surface area contributed by atoms with E-state index in [1.165, 1.54) is 0 Å².